The zero-order valence-corrected chi connectivity index (χ0v) is 12.0. The Morgan fingerprint density at radius 2 is 1.67 bits per heavy atom. The standard InChI is InChI=1S/C11H22O5S2/c12-8-7(6-18)16-11(10(14)9(8)13)15-4-2-1-3-5-17/h7-14,17-18H,1-6H2. The first-order valence-corrected chi connectivity index (χ1v) is 7.41. The van der Waals surface area contributed by atoms with E-state index in [2.05, 4.69) is 25.3 Å². The van der Waals surface area contributed by atoms with E-state index in [0.717, 1.165) is 25.0 Å². The van der Waals surface area contributed by atoms with E-state index < -0.39 is 30.7 Å². The Kier molecular flexibility index (Phi) is 7.93. The van der Waals surface area contributed by atoms with E-state index in [4.69, 9.17) is 9.47 Å². The molecule has 0 saturated carbocycles. The van der Waals surface area contributed by atoms with Crippen LogP contribution in [0.2, 0.25) is 0 Å². The van der Waals surface area contributed by atoms with Crippen molar-refractivity contribution < 1.29 is 24.8 Å². The van der Waals surface area contributed by atoms with Crippen LogP contribution in [-0.4, -0.2) is 64.1 Å². The molecule has 0 aromatic rings. The minimum atomic E-state index is -1.27. The van der Waals surface area contributed by atoms with Crippen molar-refractivity contribution in [2.45, 2.75) is 50.0 Å². The number of aliphatic hydroxyl groups is 3. The number of ether oxygens (including phenoxy) is 2. The molecule has 0 aromatic heterocycles. The molecule has 0 bridgehead atoms. The highest BCUT2D eigenvalue weighted by atomic mass is 32.1. The van der Waals surface area contributed by atoms with Crippen LogP contribution < -0.4 is 0 Å². The topological polar surface area (TPSA) is 79.2 Å². The van der Waals surface area contributed by atoms with E-state index in [1.54, 1.807) is 0 Å². The number of thiol groups is 2. The van der Waals surface area contributed by atoms with Crippen molar-refractivity contribution in [2.75, 3.05) is 18.1 Å². The first-order chi connectivity index (χ1) is 8.61. The van der Waals surface area contributed by atoms with Gasteiger partial charge in [0.25, 0.3) is 0 Å². The molecule has 1 fully saturated rings. The van der Waals surface area contributed by atoms with Crippen LogP contribution in [0, 0.1) is 0 Å². The summed E-state index contributed by atoms with van der Waals surface area (Å²) in [6, 6.07) is 0. The van der Waals surface area contributed by atoms with Gasteiger partial charge in [-0.3, -0.25) is 0 Å². The smallest absolute Gasteiger partial charge is 0.186 e. The van der Waals surface area contributed by atoms with E-state index in [0.29, 0.717) is 6.61 Å². The largest absolute Gasteiger partial charge is 0.388 e. The molecule has 1 aliphatic rings. The van der Waals surface area contributed by atoms with Gasteiger partial charge in [-0.15, -0.1) is 0 Å². The van der Waals surface area contributed by atoms with Crippen molar-refractivity contribution in [3.05, 3.63) is 0 Å². The van der Waals surface area contributed by atoms with Crippen LogP contribution in [0.4, 0.5) is 0 Å². The van der Waals surface area contributed by atoms with Gasteiger partial charge < -0.3 is 24.8 Å². The molecule has 7 heteroatoms. The van der Waals surface area contributed by atoms with Crippen LogP contribution >= 0.6 is 25.3 Å². The van der Waals surface area contributed by atoms with Gasteiger partial charge >= 0.3 is 0 Å². The lowest BCUT2D eigenvalue weighted by atomic mass is 10.00. The summed E-state index contributed by atoms with van der Waals surface area (Å²) in [4.78, 5) is 0. The number of rotatable bonds is 7. The Morgan fingerprint density at radius 3 is 2.28 bits per heavy atom. The fourth-order valence-corrected chi connectivity index (χ4v) is 2.32. The van der Waals surface area contributed by atoms with E-state index in [1.807, 2.05) is 0 Å². The summed E-state index contributed by atoms with van der Waals surface area (Å²) < 4.78 is 10.8. The van der Waals surface area contributed by atoms with Crippen molar-refractivity contribution in [2.24, 2.45) is 0 Å². The van der Waals surface area contributed by atoms with Gasteiger partial charge in [0.2, 0.25) is 0 Å². The monoisotopic (exact) mass is 298 g/mol. The summed E-state index contributed by atoms with van der Waals surface area (Å²) >= 11 is 8.14. The molecule has 1 rings (SSSR count). The predicted octanol–water partition coefficient (Wildman–Crippen LogP) is -0.160. The molecule has 1 heterocycles. The predicted molar refractivity (Wildman–Crippen MR) is 74.2 cm³/mol. The Bertz CT molecular complexity index is 229. The summed E-state index contributed by atoms with van der Waals surface area (Å²) in [5.74, 6) is 1.10. The van der Waals surface area contributed by atoms with Gasteiger partial charge in [-0.25, -0.2) is 0 Å². The number of aliphatic hydroxyl groups excluding tert-OH is 3. The number of hydrogen-bond acceptors (Lipinski definition) is 7. The quantitative estimate of drug-likeness (QED) is 0.333. The third kappa shape index (κ3) is 4.56. The summed E-state index contributed by atoms with van der Waals surface area (Å²) in [7, 11) is 0. The average molecular weight is 298 g/mol. The second-order valence-electron chi connectivity index (χ2n) is 4.35. The summed E-state index contributed by atoms with van der Waals surface area (Å²) in [6.45, 7) is 0.442. The summed E-state index contributed by atoms with van der Waals surface area (Å²) in [5, 5.41) is 29.0. The van der Waals surface area contributed by atoms with E-state index >= 15 is 0 Å². The Balaban J connectivity index is 2.35. The Hall–Kier alpha value is 0.500. The molecule has 18 heavy (non-hydrogen) atoms. The molecule has 5 nitrogen and oxygen atoms in total. The van der Waals surface area contributed by atoms with Crippen LogP contribution in [0.25, 0.3) is 0 Å². The molecule has 108 valence electrons. The molecule has 0 aliphatic carbocycles. The van der Waals surface area contributed by atoms with Gasteiger partial charge in [0.05, 0.1) is 6.10 Å². The second kappa shape index (κ2) is 8.63. The zero-order chi connectivity index (χ0) is 13.5. The minimum absolute atomic E-state index is 0.254. The van der Waals surface area contributed by atoms with Crippen LogP contribution in [0.15, 0.2) is 0 Å². The average Bonchev–Trinajstić information content (AvgIpc) is 2.38. The second-order valence-corrected chi connectivity index (χ2v) is 5.16. The molecule has 5 unspecified atom stereocenters. The van der Waals surface area contributed by atoms with Crippen molar-refractivity contribution in [3.8, 4) is 0 Å². The van der Waals surface area contributed by atoms with E-state index in [1.165, 1.54) is 0 Å². The lowest BCUT2D eigenvalue weighted by Crippen LogP contribution is -2.58. The first-order valence-electron chi connectivity index (χ1n) is 6.14. The third-order valence-corrected chi connectivity index (χ3v) is 3.61. The maximum atomic E-state index is 9.73. The molecule has 0 aromatic carbocycles. The zero-order valence-electron chi connectivity index (χ0n) is 10.2. The SMILES string of the molecule is OC1C(CS)OC(OCCCCCS)C(O)C1O. The molecule has 1 aliphatic heterocycles. The lowest BCUT2D eigenvalue weighted by molar-refractivity contribution is -0.292. The van der Waals surface area contributed by atoms with Crippen LogP contribution in [0.3, 0.4) is 0 Å². The highest BCUT2D eigenvalue weighted by Gasteiger charge is 2.43. The summed E-state index contributed by atoms with van der Waals surface area (Å²) in [5.41, 5.74) is 0. The van der Waals surface area contributed by atoms with Gasteiger partial charge in [0, 0.05) is 12.4 Å². The highest BCUT2D eigenvalue weighted by molar-refractivity contribution is 7.80. The van der Waals surface area contributed by atoms with Crippen molar-refractivity contribution >= 4 is 25.3 Å². The molecule has 5 atom stereocenters. The van der Waals surface area contributed by atoms with Gasteiger partial charge in [0.15, 0.2) is 6.29 Å². The lowest BCUT2D eigenvalue weighted by Gasteiger charge is -2.39. The fraction of sp³-hybridized carbons (Fsp3) is 1.00. The Morgan fingerprint density at radius 1 is 0.944 bits per heavy atom. The minimum Gasteiger partial charge on any atom is -0.388 e. The molecule has 0 amide bonds. The van der Waals surface area contributed by atoms with Gasteiger partial charge in [-0.05, 0) is 18.6 Å². The highest BCUT2D eigenvalue weighted by Crippen LogP contribution is 2.23. The number of unbranched alkanes of at least 4 members (excludes halogenated alkanes) is 2. The third-order valence-electron chi connectivity index (χ3n) is 2.93. The van der Waals surface area contributed by atoms with Crippen LogP contribution in [-0.2, 0) is 9.47 Å². The fourth-order valence-electron chi connectivity index (χ4n) is 1.80. The molecular weight excluding hydrogens is 276 g/mol. The maximum absolute atomic E-state index is 9.73. The first kappa shape index (κ1) is 16.6. The Labute approximate surface area is 118 Å². The molecule has 1 saturated heterocycles. The molecule has 0 spiro atoms. The van der Waals surface area contributed by atoms with Crippen LogP contribution in [0.1, 0.15) is 19.3 Å². The number of hydrogen-bond donors (Lipinski definition) is 5. The van der Waals surface area contributed by atoms with Crippen molar-refractivity contribution in [3.63, 3.8) is 0 Å². The van der Waals surface area contributed by atoms with Crippen LogP contribution in [0.5, 0.6) is 0 Å². The van der Waals surface area contributed by atoms with E-state index in [9.17, 15) is 15.3 Å². The molecule has 3 N–H and O–H groups in total. The van der Waals surface area contributed by atoms with Gasteiger partial charge in [0.1, 0.15) is 18.3 Å². The van der Waals surface area contributed by atoms with Gasteiger partial charge in [-0.1, -0.05) is 6.42 Å². The van der Waals surface area contributed by atoms with E-state index in [-0.39, 0.29) is 5.75 Å². The van der Waals surface area contributed by atoms with Crippen molar-refractivity contribution in [1.82, 2.24) is 0 Å². The normalized spacial score (nSPS) is 36.8. The molecule has 0 radical (unpaired) electrons. The van der Waals surface area contributed by atoms with Crippen molar-refractivity contribution in [1.29, 1.82) is 0 Å². The maximum Gasteiger partial charge on any atom is 0.186 e. The summed E-state index contributed by atoms with van der Waals surface area (Å²) in [6.07, 6.45) is -2.32. The molecular formula is C11H22O5S2. The van der Waals surface area contributed by atoms with Gasteiger partial charge in [-0.2, -0.15) is 25.3 Å².